The van der Waals surface area contributed by atoms with Crippen molar-refractivity contribution in [1.29, 1.82) is 0 Å². The minimum Gasteiger partial charge on any atom is -0.441 e. The van der Waals surface area contributed by atoms with E-state index in [4.69, 9.17) is 35.5 Å². The van der Waals surface area contributed by atoms with Crippen LogP contribution in [0, 0.1) is 13.8 Å². The van der Waals surface area contributed by atoms with Crippen molar-refractivity contribution >= 4 is 17.4 Å². The van der Waals surface area contributed by atoms with Crippen LogP contribution in [0.25, 0.3) is 34.1 Å². The number of aromatic nitrogens is 7. The quantitative estimate of drug-likeness (QED) is 0.240. The lowest BCUT2D eigenvalue weighted by atomic mass is 10.1. The molecule has 0 saturated carbocycles. The molecule has 2 N–H and O–H groups in total. The van der Waals surface area contributed by atoms with E-state index in [0.29, 0.717) is 42.5 Å². The highest BCUT2D eigenvalue weighted by molar-refractivity contribution is 5.75. The maximum Gasteiger partial charge on any atom is 0.325 e. The number of carbonyl (C=O) groups is 1. The number of carbonyl (C=O) groups excluding carboxylic acids is 1. The molecule has 0 aliphatic carbocycles. The maximum absolute atomic E-state index is 12.6. The zero-order chi connectivity index (χ0) is 31.6. The molecule has 1 aliphatic heterocycles. The van der Waals surface area contributed by atoms with Gasteiger partial charge in [0.1, 0.15) is 23.2 Å². The summed E-state index contributed by atoms with van der Waals surface area (Å²) in [7, 11) is 0. The van der Waals surface area contributed by atoms with Crippen molar-refractivity contribution in [2.45, 2.75) is 33.0 Å². The first-order valence-corrected chi connectivity index (χ1v) is 15.3. The predicted molar refractivity (Wildman–Crippen MR) is 173 cm³/mol. The molecule has 4 aromatic heterocycles. The zero-order valence-corrected chi connectivity index (χ0v) is 25.8. The van der Waals surface area contributed by atoms with Gasteiger partial charge in [0.25, 0.3) is 0 Å². The van der Waals surface area contributed by atoms with Crippen molar-refractivity contribution < 1.29 is 14.3 Å². The first kappa shape index (κ1) is 29.4. The number of aryl methyl sites for hydroxylation is 2. The van der Waals surface area contributed by atoms with E-state index in [1.165, 1.54) is 5.56 Å². The van der Waals surface area contributed by atoms with Crippen molar-refractivity contribution in [1.82, 2.24) is 34.2 Å². The largest absolute Gasteiger partial charge is 0.441 e. The molecule has 1 atom stereocenters. The number of nitrogens with zero attached hydrogens (tertiary/aromatic N) is 8. The Morgan fingerprint density at radius 3 is 2.52 bits per heavy atom. The van der Waals surface area contributed by atoms with Crippen molar-refractivity contribution in [3.8, 4) is 28.5 Å². The van der Waals surface area contributed by atoms with E-state index in [-0.39, 0.29) is 6.73 Å². The van der Waals surface area contributed by atoms with Gasteiger partial charge in [-0.05, 0) is 44.0 Å². The van der Waals surface area contributed by atoms with E-state index in [2.05, 4.69) is 30.0 Å². The number of ether oxygens (including phenoxy) is 2. The number of rotatable bonds is 9. The monoisotopic (exact) mass is 617 g/mol. The van der Waals surface area contributed by atoms with Gasteiger partial charge in [-0.2, -0.15) is 19.8 Å². The van der Waals surface area contributed by atoms with E-state index in [9.17, 15) is 4.79 Å². The Bertz CT molecular complexity index is 1990. The van der Waals surface area contributed by atoms with Crippen LogP contribution in [0.1, 0.15) is 16.8 Å². The summed E-state index contributed by atoms with van der Waals surface area (Å²) < 4.78 is 16.4. The molecule has 0 radical (unpaired) electrons. The molecule has 5 heterocycles. The molecule has 6 aromatic rings. The molecule has 0 bridgehead atoms. The lowest BCUT2D eigenvalue weighted by Gasteiger charge is -2.29. The molecule has 1 aliphatic rings. The van der Waals surface area contributed by atoms with Gasteiger partial charge in [0, 0.05) is 42.7 Å². The molecular formula is C34H35N9O3. The summed E-state index contributed by atoms with van der Waals surface area (Å²) in [6, 6.07) is 25.0. The average Bonchev–Trinajstić information content (AvgIpc) is 3.83. The summed E-state index contributed by atoms with van der Waals surface area (Å²) in [5.74, 6) is 1.09. The lowest BCUT2D eigenvalue weighted by molar-refractivity contribution is -0.149. The summed E-state index contributed by atoms with van der Waals surface area (Å²) in [4.78, 5) is 19.8. The molecule has 12 nitrogen and oxygen atoms in total. The third-order valence-corrected chi connectivity index (χ3v) is 8.04. The van der Waals surface area contributed by atoms with Gasteiger partial charge < -0.3 is 20.1 Å². The van der Waals surface area contributed by atoms with Crippen LogP contribution in [0.4, 0.5) is 5.82 Å². The van der Waals surface area contributed by atoms with Gasteiger partial charge in [-0.1, -0.05) is 54.1 Å². The predicted octanol–water partition coefficient (Wildman–Crippen LogP) is 3.97. The Hall–Kier alpha value is -5.33. The molecule has 2 aromatic carbocycles. The molecule has 1 fully saturated rings. The number of hydrogen-bond acceptors (Lipinski definition) is 9. The van der Waals surface area contributed by atoms with Crippen molar-refractivity contribution in [3.05, 3.63) is 102 Å². The van der Waals surface area contributed by atoms with Gasteiger partial charge in [0.2, 0.25) is 0 Å². The molecule has 0 spiro atoms. The van der Waals surface area contributed by atoms with Crippen LogP contribution in [0.2, 0.25) is 0 Å². The summed E-state index contributed by atoms with van der Waals surface area (Å²) in [6.45, 7) is 6.64. The molecule has 234 valence electrons. The molecule has 46 heavy (non-hydrogen) atoms. The first-order valence-electron chi connectivity index (χ1n) is 15.3. The Labute approximate surface area is 266 Å². The highest BCUT2D eigenvalue weighted by Gasteiger charge is 2.21. The Balaban J connectivity index is 1.16. The summed E-state index contributed by atoms with van der Waals surface area (Å²) in [5, 5.41) is 14.5. The maximum atomic E-state index is 12.6. The SMILES string of the molecule is Cc1cccc(-c2ccn(-c3cc(N4CCOCC4)n4nc(-c5cc(C)n(COC(=O)[C@@H](N)Cc6ccccc6)n5)cc4n3)n2)c1. The third kappa shape index (κ3) is 6.12. The third-order valence-electron chi connectivity index (χ3n) is 8.04. The lowest BCUT2D eigenvalue weighted by Crippen LogP contribution is -2.37. The van der Waals surface area contributed by atoms with Crippen LogP contribution in [0.5, 0.6) is 0 Å². The Morgan fingerprint density at radius 2 is 1.72 bits per heavy atom. The minimum absolute atomic E-state index is 0.0511. The second kappa shape index (κ2) is 12.6. The summed E-state index contributed by atoms with van der Waals surface area (Å²) in [6.07, 6.45) is 2.32. The highest BCUT2D eigenvalue weighted by atomic mass is 16.5. The molecule has 12 heteroatoms. The Kier molecular flexibility index (Phi) is 8.04. The number of nitrogens with two attached hydrogens (primary N) is 1. The number of benzene rings is 2. The normalized spacial score (nSPS) is 14.1. The zero-order valence-electron chi connectivity index (χ0n) is 25.8. The number of fused-ring (bicyclic) bond motifs is 1. The molecular weight excluding hydrogens is 582 g/mol. The highest BCUT2D eigenvalue weighted by Crippen LogP contribution is 2.26. The second-order valence-electron chi connectivity index (χ2n) is 11.4. The van der Waals surface area contributed by atoms with E-state index in [0.717, 1.165) is 41.4 Å². The van der Waals surface area contributed by atoms with Crippen LogP contribution >= 0.6 is 0 Å². The van der Waals surface area contributed by atoms with Gasteiger partial charge in [-0.15, -0.1) is 0 Å². The number of hydrogen-bond donors (Lipinski definition) is 1. The van der Waals surface area contributed by atoms with Crippen LogP contribution < -0.4 is 10.6 Å². The fourth-order valence-corrected chi connectivity index (χ4v) is 5.57. The molecule has 0 unspecified atom stereocenters. The van der Waals surface area contributed by atoms with E-state index >= 15 is 0 Å². The first-order chi connectivity index (χ1) is 22.4. The van der Waals surface area contributed by atoms with Gasteiger partial charge in [0.15, 0.2) is 18.2 Å². The average molecular weight is 618 g/mol. The smallest absolute Gasteiger partial charge is 0.325 e. The molecule has 0 amide bonds. The van der Waals surface area contributed by atoms with Crippen LogP contribution in [0.15, 0.2) is 85.1 Å². The van der Waals surface area contributed by atoms with Crippen molar-refractivity contribution in [2.75, 3.05) is 31.2 Å². The van der Waals surface area contributed by atoms with Gasteiger partial charge >= 0.3 is 5.97 Å². The fraction of sp³-hybridized carbons (Fsp3) is 0.265. The number of morpholine rings is 1. The summed E-state index contributed by atoms with van der Waals surface area (Å²) >= 11 is 0. The van der Waals surface area contributed by atoms with Crippen molar-refractivity contribution in [3.63, 3.8) is 0 Å². The van der Waals surface area contributed by atoms with Gasteiger partial charge in [-0.25, -0.2) is 14.3 Å². The summed E-state index contributed by atoms with van der Waals surface area (Å²) in [5.41, 5.74) is 13.0. The second-order valence-corrected chi connectivity index (χ2v) is 11.4. The van der Waals surface area contributed by atoms with E-state index in [1.54, 1.807) is 9.36 Å². The molecule has 7 rings (SSSR count). The van der Waals surface area contributed by atoms with Crippen molar-refractivity contribution in [2.24, 2.45) is 5.73 Å². The number of esters is 1. The van der Waals surface area contributed by atoms with Crippen LogP contribution in [-0.4, -0.2) is 72.5 Å². The standard InChI is InChI=1S/C34H35N9O3/c1-23-7-6-10-26(17-23)28-11-12-41(37-28)31-21-33(40-13-15-45-16-14-40)43-32(36-31)20-30(39-43)29-18-24(2)42(38-29)22-46-34(44)27(35)19-25-8-4-3-5-9-25/h3-12,17-18,20-21,27H,13-16,19,22,35H2,1-2H3/t27-/m0/s1. The van der Waals surface area contributed by atoms with Crippen LogP contribution in [-0.2, 0) is 27.4 Å². The van der Waals surface area contributed by atoms with Crippen LogP contribution in [0.3, 0.4) is 0 Å². The molecule has 1 saturated heterocycles. The van der Waals surface area contributed by atoms with Gasteiger partial charge in [-0.3, -0.25) is 4.79 Å². The topological polar surface area (TPSA) is 131 Å². The van der Waals surface area contributed by atoms with E-state index < -0.39 is 12.0 Å². The minimum atomic E-state index is -0.766. The number of anilines is 1. The van der Waals surface area contributed by atoms with Gasteiger partial charge in [0.05, 0.1) is 18.9 Å². The fourth-order valence-electron chi connectivity index (χ4n) is 5.57. The Morgan fingerprint density at radius 1 is 0.913 bits per heavy atom. The van der Waals surface area contributed by atoms with E-state index in [1.807, 2.05) is 78.3 Å².